The summed E-state index contributed by atoms with van der Waals surface area (Å²) >= 11 is 2.95. The van der Waals surface area contributed by atoms with Crippen molar-refractivity contribution in [1.29, 1.82) is 0 Å². The second-order valence-electron chi connectivity index (χ2n) is 7.57. The van der Waals surface area contributed by atoms with Crippen LogP contribution in [0.3, 0.4) is 0 Å². The van der Waals surface area contributed by atoms with Gasteiger partial charge in [0.2, 0.25) is 0 Å². The molecule has 3 rings (SSSR count). The molecule has 0 radical (unpaired) electrons. The number of thiazole rings is 1. The second-order valence-corrected chi connectivity index (χ2v) is 9.79. The number of nitrogens with one attached hydrogen (secondary N) is 1. The summed E-state index contributed by atoms with van der Waals surface area (Å²) in [5.74, 6) is -0.127. The number of nitrogens with zero attached hydrogens (tertiary/aromatic N) is 2. The van der Waals surface area contributed by atoms with Crippen LogP contribution in [0.5, 0.6) is 0 Å². The Kier molecular flexibility index (Phi) is 5.58. The van der Waals surface area contributed by atoms with Gasteiger partial charge in [-0.25, -0.2) is 9.78 Å². The van der Waals surface area contributed by atoms with Gasteiger partial charge in [0.1, 0.15) is 5.60 Å². The van der Waals surface area contributed by atoms with Crippen LogP contribution in [0.4, 0.5) is 9.93 Å². The predicted octanol–water partition coefficient (Wildman–Crippen LogP) is 4.62. The minimum atomic E-state index is -0.514. The molecule has 0 fully saturated rings. The van der Waals surface area contributed by atoms with E-state index in [1.807, 2.05) is 33.8 Å². The minimum Gasteiger partial charge on any atom is -0.444 e. The van der Waals surface area contributed by atoms with Crippen molar-refractivity contribution >= 4 is 39.8 Å². The van der Waals surface area contributed by atoms with Gasteiger partial charge in [0, 0.05) is 22.7 Å². The average Bonchev–Trinajstić information content (AvgIpc) is 3.14. The van der Waals surface area contributed by atoms with E-state index in [1.54, 1.807) is 4.90 Å². The maximum atomic E-state index is 12.5. The third-order valence-corrected chi connectivity index (χ3v) is 6.55. The Bertz CT molecular complexity index is 864. The molecule has 146 valence electrons. The van der Waals surface area contributed by atoms with Gasteiger partial charge in [0.25, 0.3) is 5.91 Å². The van der Waals surface area contributed by atoms with Crippen molar-refractivity contribution in [2.24, 2.45) is 0 Å². The summed E-state index contributed by atoms with van der Waals surface area (Å²) in [5.41, 5.74) is 1.59. The predicted molar refractivity (Wildman–Crippen MR) is 109 cm³/mol. The molecule has 2 aromatic heterocycles. The highest BCUT2D eigenvalue weighted by molar-refractivity contribution is 7.16. The fourth-order valence-electron chi connectivity index (χ4n) is 2.87. The number of anilines is 1. The van der Waals surface area contributed by atoms with Gasteiger partial charge in [-0.3, -0.25) is 10.1 Å². The molecule has 0 saturated heterocycles. The van der Waals surface area contributed by atoms with Gasteiger partial charge in [-0.1, -0.05) is 18.3 Å². The van der Waals surface area contributed by atoms with E-state index in [0.717, 1.165) is 22.6 Å². The van der Waals surface area contributed by atoms with Gasteiger partial charge < -0.3 is 9.64 Å². The fourth-order valence-corrected chi connectivity index (χ4v) is 4.90. The van der Waals surface area contributed by atoms with Gasteiger partial charge in [0.15, 0.2) is 5.13 Å². The monoisotopic (exact) mass is 407 g/mol. The molecule has 2 amide bonds. The average molecular weight is 408 g/mol. The first-order chi connectivity index (χ1) is 12.7. The topological polar surface area (TPSA) is 71.5 Å². The second kappa shape index (κ2) is 7.59. The standard InChI is InChI=1S/C19H25N3O3S2/c1-6-13-11(2)9-14(26-13)16(23)21-17-20-12-7-8-22(10-15(12)27-17)18(24)25-19(3,4)5/h9H,6-8,10H2,1-5H3,(H,20,21,23). The third kappa shape index (κ3) is 4.68. The highest BCUT2D eigenvalue weighted by Crippen LogP contribution is 2.30. The summed E-state index contributed by atoms with van der Waals surface area (Å²) in [6, 6.07) is 1.93. The molecule has 0 saturated carbocycles. The van der Waals surface area contributed by atoms with Crippen molar-refractivity contribution in [3.05, 3.63) is 32.0 Å². The summed E-state index contributed by atoms with van der Waals surface area (Å²) in [7, 11) is 0. The number of aryl methyl sites for hydroxylation is 2. The number of thiophene rings is 1. The molecule has 0 aliphatic carbocycles. The summed E-state index contributed by atoms with van der Waals surface area (Å²) in [6.45, 7) is 10.7. The zero-order chi connectivity index (χ0) is 19.8. The Hall–Kier alpha value is -1.93. The Morgan fingerprint density at radius 3 is 2.70 bits per heavy atom. The Morgan fingerprint density at radius 2 is 2.07 bits per heavy atom. The Labute approximate surface area is 167 Å². The molecule has 1 N–H and O–H groups in total. The molecular formula is C19H25N3O3S2. The lowest BCUT2D eigenvalue weighted by Crippen LogP contribution is -2.39. The summed E-state index contributed by atoms with van der Waals surface area (Å²) in [6.07, 6.45) is 1.28. The van der Waals surface area contributed by atoms with E-state index < -0.39 is 5.60 Å². The van der Waals surface area contributed by atoms with Gasteiger partial charge >= 0.3 is 6.09 Å². The van der Waals surface area contributed by atoms with Crippen LogP contribution in [0.25, 0.3) is 0 Å². The van der Waals surface area contributed by atoms with Crippen LogP contribution >= 0.6 is 22.7 Å². The Morgan fingerprint density at radius 1 is 1.33 bits per heavy atom. The van der Waals surface area contributed by atoms with Crippen LogP contribution in [-0.4, -0.2) is 34.0 Å². The zero-order valence-electron chi connectivity index (χ0n) is 16.3. The number of hydrogen-bond acceptors (Lipinski definition) is 6. The van der Waals surface area contributed by atoms with Crippen LogP contribution in [0.2, 0.25) is 0 Å². The van der Waals surface area contributed by atoms with Gasteiger partial charge in [0.05, 0.1) is 17.1 Å². The normalized spacial score (nSPS) is 14.0. The zero-order valence-corrected chi connectivity index (χ0v) is 18.0. The first-order valence-electron chi connectivity index (χ1n) is 9.03. The summed E-state index contributed by atoms with van der Waals surface area (Å²) in [4.78, 5) is 34.0. The quantitative estimate of drug-likeness (QED) is 0.806. The van der Waals surface area contributed by atoms with E-state index in [1.165, 1.54) is 27.6 Å². The van der Waals surface area contributed by atoms with E-state index in [4.69, 9.17) is 4.74 Å². The van der Waals surface area contributed by atoms with Crippen LogP contribution in [0.15, 0.2) is 6.07 Å². The molecule has 0 unspecified atom stereocenters. The fraction of sp³-hybridized carbons (Fsp3) is 0.526. The van der Waals surface area contributed by atoms with E-state index in [2.05, 4.69) is 17.2 Å². The SMILES string of the molecule is CCc1sc(C(=O)Nc2nc3c(s2)CN(C(=O)OC(C)(C)C)CC3)cc1C. The molecule has 0 bridgehead atoms. The van der Waals surface area contributed by atoms with Crippen LogP contribution in [0, 0.1) is 6.92 Å². The smallest absolute Gasteiger partial charge is 0.410 e. The largest absolute Gasteiger partial charge is 0.444 e. The van der Waals surface area contributed by atoms with Crippen molar-refractivity contribution in [1.82, 2.24) is 9.88 Å². The van der Waals surface area contributed by atoms with Crippen molar-refractivity contribution in [2.45, 2.75) is 59.6 Å². The van der Waals surface area contributed by atoms with Gasteiger partial charge in [-0.05, 0) is 45.7 Å². The lowest BCUT2D eigenvalue weighted by atomic mass is 10.2. The molecule has 2 aromatic rings. The molecule has 1 aliphatic rings. The van der Waals surface area contributed by atoms with Crippen molar-refractivity contribution in [2.75, 3.05) is 11.9 Å². The first-order valence-corrected chi connectivity index (χ1v) is 10.7. The number of amides is 2. The molecule has 6 nitrogen and oxygen atoms in total. The lowest BCUT2D eigenvalue weighted by Gasteiger charge is -2.29. The first kappa shape index (κ1) is 19.8. The minimum absolute atomic E-state index is 0.127. The molecule has 27 heavy (non-hydrogen) atoms. The van der Waals surface area contributed by atoms with Gasteiger partial charge in [-0.15, -0.1) is 11.3 Å². The molecule has 0 atom stereocenters. The lowest BCUT2D eigenvalue weighted by molar-refractivity contribution is 0.0225. The highest BCUT2D eigenvalue weighted by Gasteiger charge is 2.28. The van der Waals surface area contributed by atoms with E-state index >= 15 is 0 Å². The Balaban J connectivity index is 1.67. The number of carbonyl (C=O) groups is 2. The van der Waals surface area contributed by atoms with Gasteiger partial charge in [-0.2, -0.15) is 0 Å². The maximum Gasteiger partial charge on any atom is 0.410 e. The van der Waals surface area contributed by atoms with Crippen LogP contribution in [-0.2, 0) is 24.1 Å². The number of fused-ring (bicyclic) bond motifs is 1. The van der Waals surface area contributed by atoms with Crippen molar-refractivity contribution in [3.8, 4) is 0 Å². The number of ether oxygens (including phenoxy) is 1. The van der Waals surface area contributed by atoms with E-state index in [9.17, 15) is 9.59 Å². The van der Waals surface area contributed by atoms with E-state index in [-0.39, 0.29) is 12.0 Å². The maximum absolute atomic E-state index is 12.5. The number of carbonyl (C=O) groups excluding carboxylic acids is 2. The van der Waals surface area contributed by atoms with Crippen LogP contribution in [0.1, 0.15) is 58.4 Å². The number of rotatable bonds is 3. The van der Waals surface area contributed by atoms with Crippen molar-refractivity contribution < 1.29 is 14.3 Å². The molecular weight excluding hydrogens is 382 g/mol. The summed E-state index contributed by atoms with van der Waals surface area (Å²) in [5, 5.41) is 3.49. The summed E-state index contributed by atoms with van der Waals surface area (Å²) < 4.78 is 5.45. The van der Waals surface area contributed by atoms with Crippen molar-refractivity contribution in [3.63, 3.8) is 0 Å². The number of hydrogen-bond donors (Lipinski definition) is 1. The molecule has 0 spiro atoms. The molecule has 8 heteroatoms. The third-order valence-electron chi connectivity index (χ3n) is 4.17. The highest BCUT2D eigenvalue weighted by atomic mass is 32.1. The molecule has 1 aliphatic heterocycles. The molecule has 0 aromatic carbocycles. The molecule has 3 heterocycles. The van der Waals surface area contributed by atoms with E-state index in [0.29, 0.717) is 29.5 Å². The van der Waals surface area contributed by atoms with Crippen LogP contribution < -0.4 is 5.32 Å². The number of aromatic nitrogens is 1.